The van der Waals surface area contributed by atoms with Gasteiger partial charge in [0.1, 0.15) is 18.5 Å². The van der Waals surface area contributed by atoms with Crippen LogP contribution in [0.1, 0.15) is 44.3 Å². The van der Waals surface area contributed by atoms with Crippen LogP contribution < -0.4 is 0 Å². The summed E-state index contributed by atoms with van der Waals surface area (Å²) in [7, 11) is 0. The molecule has 25 heavy (non-hydrogen) atoms. The van der Waals surface area contributed by atoms with Gasteiger partial charge in [0.25, 0.3) is 0 Å². The molecule has 7 nitrogen and oxygen atoms in total. The van der Waals surface area contributed by atoms with Gasteiger partial charge in [0.2, 0.25) is 5.82 Å². The third-order valence-corrected chi connectivity index (χ3v) is 3.36. The van der Waals surface area contributed by atoms with Crippen molar-refractivity contribution in [2.24, 2.45) is 0 Å². The Labute approximate surface area is 138 Å². The second-order valence-corrected chi connectivity index (χ2v) is 5.27. The molecule has 0 atom stereocenters. The van der Waals surface area contributed by atoms with Gasteiger partial charge < -0.3 is 0 Å². The van der Waals surface area contributed by atoms with E-state index in [9.17, 15) is 26.7 Å². The normalized spacial score (nSPS) is 12.6. The summed E-state index contributed by atoms with van der Waals surface area (Å²) >= 11 is 0. The maximum Gasteiger partial charge on any atom is 0.461 e. The second kappa shape index (κ2) is 7.23. The molecule has 0 aliphatic carbocycles. The van der Waals surface area contributed by atoms with Crippen LogP contribution in [0, 0.1) is 0 Å². The van der Waals surface area contributed by atoms with Gasteiger partial charge in [0.15, 0.2) is 0 Å². The number of carbonyl (C=O) groups is 1. The van der Waals surface area contributed by atoms with Crippen molar-refractivity contribution in [3.8, 4) is 0 Å². The molecule has 0 bridgehead atoms. The van der Waals surface area contributed by atoms with Gasteiger partial charge in [0.05, 0.1) is 0 Å². The lowest BCUT2D eigenvalue weighted by molar-refractivity contribution is -0.292. The zero-order valence-electron chi connectivity index (χ0n) is 13.2. The molecule has 2 rings (SSSR count). The Morgan fingerprint density at radius 1 is 1.16 bits per heavy atom. The molecule has 0 saturated heterocycles. The van der Waals surface area contributed by atoms with E-state index in [1.165, 1.54) is 0 Å². The van der Waals surface area contributed by atoms with Crippen molar-refractivity contribution in [3.63, 3.8) is 0 Å². The zero-order chi connectivity index (χ0) is 18.7. The Balaban J connectivity index is 2.36. The summed E-state index contributed by atoms with van der Waals surface area (Å²) in [5.41, 5.74) is 0. The molecule has 2 aromatic heterocycles. The first-order chi connectivity index (χ1) is 11.7. The average molecular weight is 366 g/mol. The molecule has 0 fully saturated rings. The minimum absolute atomic E-state index is 0.0291. The largest absolute Gasteiger partial charge is 0.461 e. The summed E-state index contributed by atoms with van der Waals surface area (Å²) in [5.74, 6) is -7.31. The van der Waals surface area contributed by atoms with E-state index in [1.807, 2.05) is 6.92 Å². The number of aromatic nitrogens is 6. The molecule has 12 heteroatoms. The van der Waals surface area contributed by atoms with Crippen LogP contribution in [-0.4, -0.2) is 41.7 Å². The standard InChI is InChI=1S/C13H15F5N6O/c1-2-3-4-5-6-9-21-10(12(14,15)13(16,17)18)22-24(9)11(25)23-8-19-7-20-23/h7-8H,2-6H2,1H3. The number of hydrogen-bond donors (Lipinski definition) is 0. The molecule has 0 amide bonds. The third kappa shape index (κ3) is 3.99. The summed E-state index contributed by atoms with van der Waals surface area (Å²) in [6.07, 6.45) is -0.900. The van der Waals surface area contributed by atoms with Crippen LogP contribution in [0.5, 0.6) is 0 Å². The Kier molecular flexibility index (Phi) is 5.48. The lowest BCUT2D eigenvalue weighted by atomic mass is 10.1. The molecular weight excluding hydrogens is 351 g/mol. The molecule has 0 spiro atoms. The lowest BCUT2D eigenvalue weighted by Gasteiger charge is -2.15. The monoisotopic (exact) mass is 366 g/mol. The van der Waals surface area contributed by atoms with Gasteiger partial charge in [-0.1, -0.05) is 26.2 Å². The van der Waals surface area contributed by atoms with Crippen LogP contribution in [0.25, 0.3) is 0 Å². The highest BCUT2D eigenvalue weighted by atomic mass is 19.4. The van der Waals surface area contributed by atoms with Crippen LogP contribution in [-0.2, 0) is 12.3 Å². The highest BCUT2D eigenvalue weighted by Gasteiger charge is 2.62. The Morgan fingerprint density at radius 3 is 2.44 bits per heavy atom. The van der Waals surface area contributed by atoms with Gasteiger partial charge in [-0.05, 0) is 6.42 Å². The summed E-state index contributed by atoms with van der Waals surface area (Å²) in [6.45, 7) is 1.96. The van der Waals surface area contributed by atoms with Crippen LogP contribution >= 0.6 is 0 Å². The van der Waals surface area contributed by atoms with Crippen molar-refractivity contribution < 1.29 is 26.7 Å². The Bertz CT molecular complexity index is 709. The highest BCUT2D eigenvalue weighted by Crippen LogP contribution is 2.42. The van der Waals surface area contributed by atoms with Crippen LogP contribution in [0.4, 0.5) is 26.7 Å². The van der Waals surface area contributed by atoms with Crippen LogP contribution in [0.15, 0.2) is 12.7 Å². The molecule has 138 valence electrons. The highest BCUT2D eigenvalue weighted by molar-refractivity contribution is 5.77. The predicted molar refractivity (Wildman–Crippen MR) is 74.0 cm³/mol. The van der Waals surface area contributed by atoms with Crippen LogP contribution in [0.3, 0.4) is 0 Å². The lowest BCUT2D eigenvalue weighted by Crippen LogP contribution is -2.35. The Hall–Kier alpha value is -2.40. The number of halogens is 5. The molecule has 0 aliphatic heterocycles. The molecular formula is C13H15F5N6O. The predicted octanol–water partition coefficient (Wildman–Crippen LogP) is 3.16. The summed E-state index contributed by atoms with van der Waals surface area (Å²) < 4.78 is 65.7. The first-order valence-electron chi connectivity index (χ1n) is 7.48. The van der Waals surface area contributed by atoms with E-state index in [2.05, 4.69) is 20.2 Å². The minimum atomic E-state index is -5.87. The van der Waals surface area contributed by atoms with E-state index in [0.717, 1.165) is 25.5 Å². The maximum atomic E-state index is 13.5. The molecule has 0 aromatic carbocycles. The average Bonchev–Trinajstić information content (AvgIpc) is 3.19. The van der Waals surface area contributed by atoms with Gasteiger partial charge in [-0.2, -0.15) is 36.4 Å². The van der Waals surface area contributed by atoms with E-state index < -0.39 is 24.0 Å². The van der Waals surface area contributed by atoms with Crippen LogP contribution in [0.2, 0.25) is 0 Å². The smallest absolute Gasteiger partial charge is 0.243 e. The van der Waals surface area contributed by atoms with Gasteiger partial charge in [0, 0.05) is 6.42 Å². The molecule has 2 heterocycles. The van der Waals surface area contributed by atoms with Crippen molar-refractivity contribution in [2.75, 3.05) is 0 Å². The van der Waals surface area contributed by atoms with E-state index in [1.54, 1.807) is 0 Å². The topological polar surface area (TPSA) is 78.5 Å². The van der Waals surface area contributed by atoms with E-state index in [4.69, 9.17) is 0 Å². The van der Waals surface area contributed by atoms with E-state index in [0.29, 0.717) is 22.2 Å². The fourth-order valence-corrected chi connectivity index (χ4v) is 2.03. The van der Waals surface area contributed by atoms with E-state index in [-0.39, 0.29) is 12.2 Å². The number of aryl methyl sites for hydroxylation is 1. The first-order valence-corrected chi connectivity index (χ1v) is 7.48. The van der Waals surface area contributed by atoms with Gasteiger partial charge in [-0.15, -0.1) is 5.10 Å². The summed E-state index contributed by atoms with van der Waals surface area (Å²) in [4.78, 5) is 19.0. The number of nitrogens with zero attached hydrogens (tertiary/aromatic N) is 6. The SMILES string of the molecule is CCCCCCc1nc(C(F)(F)C(F)(F)F)nn1C(=O)n1cncn1. The van der Waals surface area contributed by atoms with Gasteiger partial charge in [-0.25, -0.2) is 14.8 Å². The molecule has 2 aromatic rings. The van der Waals surface area contributed by atoms with Crippen molar-refractivity contribution in [1.82, 2.24) is 29.5 Å². The number of hydrogen-bond acceptors (Lipinski definition) is 5. The van der Waals surface area contributed by atoms with Crippen molar-refractivity contribution >= 4 is 6.03 Å². The van der Waals surface area contributed by atoms with Crippen molar-refractivity contribution in [1.29, 1.82) is 0 Å². The fraction of sp³-hybridized carbons (Fsp3) is 0.615. The summed E-state index contributed by atoms with van der Waals surface area (Å²) in [5, 5.41) is 6.62. The second-order valence-electron chi connectivity index (χ2n) is 5.27. The summed E-state index contributed by atoms with van der Waals surface area (Å²) in [6, 6.07) is -1.04. The quantitative estimate of drug-likeness (QED) is 0.580. The molecule has 0 radical (unpaired) electrons. The third-order valence-electron chi connectivity index (χ3n) is 3.36. The minimum Gasteiger partial charge on any atom is -0.243 e. The van der Waals surface area contributed by atoms with E-state index >= 15 is 0 Å². The van der Waals surface area contributed by atoms with Gasteiger partial charge in [-0.3, -0.25) is 0 Å². The van der Waals surface area contributed by atoms with Crippen molar-refractivity contribution in [2.45, 2.75) is 51.1 Å². The van der Waals surface area contributed by atoms with Crippen molar-refractivity contribution in [3.05, 3.63) is 24.3 Å². The molecule has 0 aliphatic rings. The first kappa shape index (κ1) is 18.9. The number of rotatable bonds is 6. The number of alkyl halides is 5. The molecule has 0 unspecified atom stereocenters. The zero-order valence-corrected chi connectivity index (χ0v) is 13.2. The number of carbonyl (C=O) groups excluding carboxylic acids is 1. The Morgan fingerprint density at radius 2 is 1.88 bits per heavy atom. The molecule has 0 saturated carbocycles. The maximum absolute atomic E-state index is 13.5. The number of unbranched alkanes of at least 4 members (excludes halogenated alkanes) is 3. The van der Waals surface area contributed by atoms with Gasteiger partial charge >= 0.3 is 18.1 Å². The fourth-order valence-electron chi connectivity index (χ4n) is 2.03. The molecule has 0 N–H and O–H groups in total.